The molecule has 3 aromatic rings. The Morgan fingerprint density at radius 1 is 1.22 bits per heavy atom. The van der Waals surface area contributed by atoms with Gasteiger partial charge in [-0.05, 0) is 57.5 Å². The van der Waals surface area contributed by atoms with Crippen LogP contribution in [-0.4, -0.2) is 23.1 Å². The van der Waals surface area contributed by atoms with Gasteiger partial charge in [0.25, 0.3) is 0 Å². The molecule has 0 radical (unpaired) electrons. The molecule has 0 spiro atoms. The predicted molar refractivity (Wildman–Crippen MR) is 107 cm³/mol. The summed E-state index contributed by atoms with van der Waals surface area (Å²) >= 11 is 0. The van der Waals surface area contributed by atoms with Gasteiger partial charge < -0.3 is 20.2 Å². The molecule has 27 heavy (non-hydrogen) atoms. The Balaban J connectivity index is 1.58. The summed E-state index contributed by atoms with van der Waals surface area (Å²) in [5.74, 6) is 0.350. The molecule has 0 unspecified atom stereocenters. The number of rotatable bonds is 6. The van der Waals surface area contributed by atoms with E-state index in [1.54, 1.807) is 0 Å². The van der Waals surface area contributed by atoms with Crippen molar-refractivity contribution in [2.24, 2.45) is 0 Å². The van der Waals surface area contributed by atoms with Crippen LogP contribution in [0.4, 0.5) is 11.4 Å². The highest BCUT2D eigenvalue weighted by atomic mass is 16.6. The fourth-order valence-corrected chi connectivity index (χ4v) is 2.70. The number of esters is 1. The van der Waals surface area contributed by atoms with Gasteiger partial charge in [-0.1, -0.05) is 12.1 Å². The summed E-state index contributed by atoms with van der Waals surface area (Å²) in [6.45, 7) is 6.22. The van der Waals surface area contributed by atoms with E-state index in [1.807, 2.05) is 63.2 Å². The summed E-state index contributed by atoms with van der Waals surface area (Å²) < 4.78 is 11.1. The van der Waals surface area contributed by atoms with Crippen LogP contribution in [0.15, 0.2) is 46.9 Å². The number of nitrogens with one attached hydrogen (secondary N) is 1. The molecule has 0 saturated carbocycles. The number of anilines is 2. The monoisotopic (exact) mass is 367 g/mol. The fourth-order valence-electron chi connectivity index (χ4n) is 2.70. The predicted octanol–water partition coefficient (Wildman–Crippen LogP) is 4.61. The molecule has 6 heteroatoms. The van der Waals surface area contributed by atoms with Crippen LogP contribution < -0.4 is 11.1 Å². The molecule has 0 saturated heterocycles. The molecule has 1 aromatic heterocycles. The minimum atomic E-state index is -0.449. The number of nitrogen functional groups attached to an aromatic ring is 1. The zero-order chi connectivity index (χ0) is 19.4. The minimum Gasteiger partial charge on any atom is -0.460 e. The standard InChI is InChI=1S/C21H25N3O3/c1-21(2,3)27-19(25)9-6-12-23-16-11-10-14(13-15(16)22)20-24-17-7-4-5-8-18(17)26-20/h4-5,7-8,10-11,13,23H,6,9,12,22H2,1-3H3. The molecule has 0 aliphatic heterocycles. The van der Waals surface area contributed by atoms with Crippen molar-refractivity contribution in [3.8, 4) is 11.5 Å². The van der Waals surface area contributed by atoms with E-state index >= 15 is 0 Å². The van der Waals surface area contributed by atoms with Crippen molar-refractivity contribution in [3.05, 3.63) is 42.5 Å². The highest BCUT2D eigenvalue weighted by Crippen LogP contribution is 2.29. The van der Waals surface area contributed by atoms with Gasteiger partial charge in [-0.15, -0.1) is 0 Å². The number of hydrogen-bond acceptors (Lipinski definition) is 6. The van der Waals surface area contributed by atoms with Crippen molar-refractivity contribution in [2.75, 3.05) is 17.6 Å². The lowest BCUT2D eigenvalue weighted by Crippen LogP contribution is -2.24. The summed E-state index contributed by atoms with van der Waals surface area (Å²) in [6.07, 6.45) is 1.03. The Bertz CT molecular complexity index is 908. The largest absolute Gasteiger partial charge is 0.460 e. The number of fused-ring (bicyclic) bond motifs is 1. The number of nitrogens with zero attached hydrogens (tertiary/aromatic N) is 1. The first-order chi connectivity index (χ1) is 12.8. The van der Waals surface area contributed by atoms with Crippen molar-refractivity contribution in [1.82, 2.24) is 4.98 Å². The Labute approximate surface area is 158 Å². The summed E-state index contributed by atoms with van der Waals surface area (Å²) in [5.41, 5.74) is 9.51. The number of aromatic nitrogens is 1. The first kappa shape index (κ1) is 18.8. The van der Waals surface area contributed by atoms with E-state index in [2.05, 4.69) is 10.3 Å². The van der Waals surface area contributed by atoms with E-state index < -0.39 is 5.60 Å². The third kappa shape index (κ3) is 5.00. The lowest BCUT2D eigenvalue weighted by atomic mass is 10.1. The second-order valence-corrected chi connectivity index (χ2v) is 7.41. The van der Waals surface area contributed by atoms with E-state index in [1.165, 1.54) is 0 Å². The Morgan fingerprint density at radius 3 is 2.70 bits per heavy atom. The first-order valence-electron chi connectivity index (χ1n) is 9.03. The molecule has 0 fully saturated rings. The molecule has 6 nitrogen and oxygen atoms in total. The smallest absolute Gasteiger partial charge is 0.306 e. The fraction of sp³-hybridized carbons (Fsp3) is 0.333. The van der Waals surface area contributed by atoms with Crippen LogP contribution in [-0.2, 0) is 9.53 Å². The highest BCUT2D eigenvalue weighted by molar-refractivity contribution is 5.78. The Hall–Kier alpha value is -3.02. The van der Waals surface area contributed by atoms with Crippen LogP contribution in [0.2, 0.25) is 0 Å². The van der Waals surface area contributed by atoms with Gasteiger partial charge in [0.1, 0.15) is 11.1 Å². The molecule has 0 bridgehead atoms. The molecule has 0 amide bonds. The number of hydrogen-bond donors (Lipinski definition) is 2. The van der Waals surface area contributed by atoms with E-state index in [4.69, 9.17) is 14.9 Å². The third-order valence-electron chi connectivity index (χ3n) is 3.89. The van der Waals surface area contributed by atoms with Crippen LogP contribution >= 0.6 is 0 Å². The maximum atomic E-state index is 11.7. The summed E-state index contributed by atoms with van der Waals surface area (Å²) in [4.78, 5) is 16.2. The zero-order valence-corrected chi connectivity index (χ0v) is 15.9. The quantitative estimate of drug-likeness (QED) is 0.376. The van der Waals surface area contributed by atoms with Gasteiger partial charge >= 0.3 is 5.97 Å². The normalized spacial score (nSPS) is 11.5. The molecule has 0 aliphatic carbocycles. The van der Waals surface area contributed by atoms with Gasteiger partial charge in [-0.25, -0.2) is 4.98 Å². The molecule has 3 N–H and O–H groups in total. The summed E-state index contributed by atoms with van der Waals surface area (Å²) in [5, 5.41) is 3.25. The third-order valence-corrected chi connectivity index (χ3v) is 3.89. The van der Waals surface area contributed by atoms with E-state index in [0.717, 1.165) is 22.4 Å². The van der Waals surface area contributed by atoms with Crippen LogP contribution in [0.3, 0.4) is 0 Å². The lowest BCUT2D eigenvalue weighted by Gasteiger charge is -2.19. The molecule has 0 aliphatic rings. The average Bonchev–Trinajstić information content (AvgIpc) is 3.02. The molecule has 0 atom stereocenters. The maximum absolute atomic E-state index is 11.7. The van der Waals surface area contributed by atoms with Gasteiger partial charge in [0.05, 0.1) is 11.4 Å². The number of benzene rings is 2. The molecule has 142 valence electrons. The molecular formula is C21H25N3O3. The molecule has 2 aromatic carbocycles. The minimum absolute atomic E-state index is 0.191. The Kier molecular flexibility index (Phi) is 5.35. The van der Waals surface area contributed by atoms with Crippen molar-refractivity contribution < 1.29 is 13.9 Å². The summed E-state index contributed by atoms with van der Waals surface area (Å²) in [7, 11) is 0. The highest BCUT2D eigenvalue weighted by Gasteiger charge is 2.15. The van der Waals surface area contributed by atoms with Crippen molar-refractivity contribution in [2.45, 2.75) is 39.2 Å². The molecule has 3 rings (SSSR count). The van der Waals surface area contributed by atoms with E-state index in [0.29, 0.717) is 31.0 Å². The number of oxazole rings is 1. The van der Waals surface area contributed by atoms with Crippen LogP contribution in [0, 0.1) is 0 Å². The number of carbonyl (C=O) groups excluding carboxylic acids is 1. The van der Waals surface area contributed by atoms with Gasteiger partial charge in [0, 0.05) is 18.5 Å². The number of para-hydroxylation sites is 2. The Morgan fingerprint density at radius 2 is 2.00 bits per heavy atom. The maximum Gasteiger partial charge on any atom is 0.306 e. The second kappa shape index (κ2) is 7.70. The molecular weight excluding hydrogens is 342 g/mol. The molecule has 1 heterocycles. The van der Waals surface area contributed by atoms with Crippen LogP contribution in [0.25, 0.3) is 22.6 Å². The van der Waals surface area contributed by atoms with Crippen LogP contribution in [0.1, 0.15) is 33.6 Å². The number of nitrogens with two attached hydrogens (primary N) is 1. The number of ether oxygens (including phenoxy) is 1. The summed E-state index contributed by atoms with van der Waals surface area (Å²) in [6, 6.07) is 13.3. The van der Waals surface area contributed by atoms with Gasteiger partial charge in [-0.3, -0.25) is 4.79 Å². The average molecular weight is 367 g/mol. The SMILES string of the molecule is CC(C)(C)OC(=O)CCCNc1ccc(-c2nc3ccccc3o2)cc1N. The van der Waals surface area contributed by atoms with Gasteiger partial charge in [-0.2, -0.15) is 0 Å². The number of carbonyl (C=O) groups is 1. The van der Waals surface area contributed by atoms with E-state index in [9.17, 15) is 4.79 Å². The second-order valence-electron chi connectivity index (χ2n) is 7.41. The lowest BCUT2D eigenvalue weighted by molar-refractivity contribution is -0.154. The van der Waals surface area contributed by atoms with Gasteiger partial charge in [0.2, 0.25) is 5.89 Å². The first-order valence-corrected chi connectivity index (χ1v) is 9.03. The van der Waals surface area contributed by atoms with E-state index in [-0.39, 0.29) is 5.97 Å². The topological polar surface area (TPSA) is 90.4 Å². The van der Waals surface area contributed by atoms with Crippen molar-refractivity contribution in [1.29, 1.82) is 0 Å². The van der Waals surface area contributed by atoms with Crippen LogP contribution in [0.5, 0.6) is 0 Å². The zero-order valence-electron chi connectivity index (χ0n) is 15.9. The van der Waals surface area contributed by atoms with Gasteiger partial charge in [0.15, 0.2) is 5.58 Å². The van der Waals surface area contributed by atoms with Crippen molar-refractivity contribution >= 4 is 28.4 Å². The van der Waals surface area contributed by atoms with Crippen molar-refractivity contribution in [3.63, 3.8) is 0 Å².